The summed E-state index contributed by atoms with van der Waals surface area (Å²) in [6, 6.07) is 16.2. The molecule has 5 heterocycles. The molecule has 14 nitrogen and oxygen atoms in total. The third-order valence-corrected chi connectivity index (χ3v) is 11.1. The average Bonchev–Trinajstić information content (AvgIpc) is 3.74. The Morgan fingerprint density at radius 1 is 1.15 bits per heavy atom. The van der Waals surface area contributed by atoms with E-state index in [4.69, 9.17) is 29.4 Å². The van der Waals surface area contributed by atoms with Gasteiger partial charge in [-0.2, -0.15) is 5.26 Å². The highest BCUT2D eigenvalue weighted by Crippen LogP contribution is 2.31. The van der Waals surface area contributed by atoms with E-state index < -0.39 is 41.0 Å². The zero-order valence-corrected chi connectivity index (χ0v) is 31.4. The summed E-state index contributed by atoms with van der Waals surface area (Å²) in [7, 11) is 5.04. The molecule has 3 saturated heterocycles. The summed E-state index contributed by atoms with van der Waals surface area (Å²) >= 11 is 0. The molecular formula is C39H41FN7O7Si. The molecule has 16 heteroatoms. The maximum atomic E-state index is 14.4. The first-order valence-electron chi connectivity index (χ1n) is 18.2. The zero-order chi connectivity index (χ0) is 38.7. The summed E-state index contributed by atoms with van der Waals surface area (Å²) in [5, 5.41) is 21.2. The fourth-order valence-electron chi connectivity index (χ4n) is 7.37. The van der Waals surface area contributed by atoms with Crippen molar-refractivity contribution in [1.29, 1.82) is 5.26 Å². The first-order chi connectivity index (χ1) is 26.5. The van der Waals surface area contributed by atoms with Crippen molar-refractivity contribution in [3.8, 4) is 11.9 Å². The van der Waals surface area contributed by atoms with E-state index in [1.807, 2.05) is 24.3 Å². The van der Waals surface area contributed by atoms with Gasteiger partial charge in [-0.3, -0.25) is 14.5 Å². The van der Waals surface area contributed by atoms with E-state index in [0.717, 1.165) is 49.4 Å². The predicted molar refractivity (Wildman–Crippen MR) is 196 cm³/mol. The minimum Gasteiger partial charge on any atom is -0.473 e. The molecule has 55 heavy (non-hydrogen) atoms. The number of rotatable bonds is 12. The van der Waals surface area contributed by atoms with Crippen LogP contribution in [0.25, 0.3) is 11.0 Å². The topological polar surface area (TPSA) is 172 Å². The Labute approximate surface area is 320 Å². The van der Waals surface area contributed by atoms with Gasteiger partial charge in [-0.05, 0) is 68.8 Å². The molecule has 0 bridgehead atoms. The number of amides is 2. The minimum atomic E-state index is -0.895. The molecule has 7 rings (SSSR count). The quantitative estimate of drug-likeness (QED) is 0.160. The van der Waals surface area contributed by atoms with Crippen LogP contribution < -0.4 is 10.1 Å². The number of hydrogen-bond acceptors (Lipinski definition) is 11. The molecule has 1 unspecified atom stereocenters. The predicted octanol–water partition coefficient (Wildman–Crippen LogP) is 2.55. The van der Waals surface area contributed by atoms with Crippen molar-refractivity contribution in [3.05, 3.63) is 88.6 Å². The highest BCUT2D eigenvalue weighted by Gasteiger charge is 2.40. The molecular weight excluding hydrogens is 726 g/mol. The van der Waals surface area contributed by atoms with E-state index in [9.17, 15) is 23.9 Å². The van der Waals surface area contributed by atoms with Gasteiger partial charge in [0.15, 0.2) is 0 Å². The molecule has 3 radical (unpaired) electrons. The molecule has 2 aromatic heterocycles. The number of likely N-dealkylation sites (tertiary alicyclic amines) is 2. The Kier molecular flexibility index (Phi) is 11.3. The van der Waals surface area contributed by atoms with Crippen LogP contribution in [0.1, 0.15) is 64.6 Å². The van der Waals surface area contributed by atoms with Gasteiger partial charge in [0.1, 0.15) is 24.3 Å². The van der Waals surface area contributed by atoms with Gasteiger partial charge < -0.3 is 34.1 Å². The number of fused-ring (bicyclic) bond motifs is 1. The maximum absolute atomic E-state index is 14.4. The van der Waals surface area contributed by atoms with Gasteiger partial charge in [0.25, 0.3) is 5.91 Å². The second kappa shape index (κ2) is 16.3. The lowest BCUT2D eigenvalue weighted by molar-refractivity contribution is -0.150. The largest absolute Gasteiger partial charge is 0.473 e. The fourth-order valence-corrected chi connectivity index (χ4v) is 7.73. The smallest absolute Gasteiger partial charge is 0.328 e. The van der Waals surface area contributed by atoms with Gasteiger partial charge in [0, 0.05) is 54.9 Å². The summed E-state index contributed by atoms with van der Waals surface area (Å²) in [6.07, 6.45) is 1.81. The summed E-state index contributed by atoms with van der Waals surface area (Å²) in [6.45, 7) is 3.02. The van der Waals surface area contributed by atoms with Gasteiger partial charge >= 0.3 is 5.97 Å². The number of imidazole rings is 1. The summed E-state index contributed by atoms with van der Waals surface area (Å²) in [5.41, 5.74) is 3.33. The van der Waals surface area contributed by atoms with Crippen molar-refractivity contribution in [3.63, 3.8) is 0 Å². The first-order valence-corrected chi connectivity index (χ1v) is 18.7. The average molecular weight is 767 g/mol. The van der Waals surface area contributed by atoms with Gasteiger partial charge in [-0.15, -0.1) is 0 Å². The number of carbonyl (C=O) groups is 3. The standard InChI is InChI=1S/C39H41FN7O7Si/c1-52-38(51)33-17-28(48)20-46(33)36(49)19-42-37(50)26-7-8-32-31(16-26)43-34(47(32)23-39(55)11-14-54-39)21-45-12-9-25(10-13-45)30-3-2-4-35(44-30)53-22-27-6-5-24(18-41)15-29(27)40/h2-8,15-16,25,28,33,48H,9-14,17,19-23H2,1H3,(H,42,50)/t28-,33-,39?/m0/s1. The molecule has 0 spiro atoms. The van der Waals surface area contributed by atoms with Crippen LogP contribution in [-0.4, -0.2) is 115 Å². The van der Waals surface area contributed by atoms with Gasteiger partial charge in [0.05, 0.1) is 64.4 Å². The number of halogens is 1. The molecule has 2 aromatic carbocycles. The highest BCUT2D eigenvalue weighted by molar-refractivity contribution is 6.15. The van der Waals surface area contributed by atoms with E-state index in [-0.39, 0.29) is 37.6 Å². The minimum absolute atomic E-state index is 0.00324. The van der Waals surface area contributed by atoms with E-state index in [2.05, 4.69) is 25.0 Å². The number of nitrogens with zero attached hydrogens (tertiary/aromatic N) is 6. The van der Waals surface area contributed by atoms with Crippen LogP contribution in [-0.2, 0) is 38.8 Å². The number of methoxy groups -OCH3 is 1. The number of benzene rings is 2. The number of hydrogen-bond donors (Lipinski definition) is 2. The van der Waals surface area contributed by atoms with Gasteiger partial charge in [0.2, 0.25) is 11.8 Å². The van der Waals surface area contributed by atoms with E-state index >= 15 is 0 Å². The van der Waals surface area contributed by atoms with Crippen LogP contribution in [0.15, 0.2) is 54.6 Å². The van der Waals surface area contributed by atoms with E-state index in [0.29, 0.717) is 42.2 Å². The van der Waals surface area contributed by atoms with Gasteiger partial charge in [-0.25, -0.2) is 19.2 Å². The lowest BCUT2D eigenvalue weighted by Crippen LogP contribution is -2.48. The maximum Gasteiger partial charge on any atom is 0.328 e. The summed E-state index contributed by atoms with van der Waals surface area (Å²) < 4.78 is 33.0. The summed E-state index contributed by atoms with van der Waals surface area (Å²) in [5.74, 6) is -0.598. The van der Waals surface area contributed by atoms with Crippen LogP contribution >= 0.6 is 0 Å². The van der Waals surface area contributed by atoms with Crippen molar-refractivity contribution in [2.45, 2.75) is 68.7 Å². The molecule has 3 atom stereocenters. The zero-order valence-electron chi connectivity index (χ0n) is 30.4. The number of ether oxygens (including phenoxy) is 3. The molecule has 0 saturated carbocycles. The second-order valence-corrected chi connectivity index (χ2v) is 15.1. The SMILES string of the molecule is COC(=O)[C@@H]1C[C@H](O)CN1C(=O)CNC(=O)c1ccc2c(c1)nc(CN1CCC(c3cccc(OCc4ccc(C#N)cc4F)n3)CC1)n2CC1([Si])CCO1. The second-order valence-electron chi connectivity index (χ2n) is 14.2. The third-order valence-electron chi connectivity index (χ3n) is 10.5. The van der Waals surface area contributed by atoms with Crippen LogP contribution in [0.3, 0.4) is 0 Å². The molecule has 285 valence electrons. The van der Waals surface area contributed by atoms with Crippen LogP contribution in [0.5, 0.6) is 5.88 Å². The van der Waals surface area contributed by atoms with Crippen molar-refractivity contribution in [2.75, 3.05) is 39.9 Å². The third kappa shape index (κ3) is 8.55. The Balaban J connectivity index is 0.993. The van der Waals surface area contributed by atoms with Crippen LogP contribution in [0.4, 0.5) is 4.39 Å². The molecule has 3 aliphatic heterocycles. The number of nitriles is 1. The number of piperidine rings is 1. The molecule has 2 amide bonds. The summed E-state index contributed by atoms with van der Waals surface area (Å²) in [4.78, 5) is 51.6. The number of carbonyl (C=O) groups excluding carboxylic acids is 3. The molecule has 2 N–H and O–H groups in total. The Bertz CT molecular complexity index is 2130. The molecule has 0 aliphatic carbocycles. The lowest BCUT2D eigenvalue weighted by atomic mass is 9.93. The number of β-amino-alcohol motifs (C(OH)–C–C–N with tert-alkyl or cyclic N) is 1. The van der Waals surface area contributed by atoms with Crippen molar-refractivity contribution >= 4 is 39.1 Å². The Morgan fingerprint density at radius 3 is 2.65 bits per heavy atom. The van der Waals surface area contributed by atoms with Crippen molar-refractivity contribution in [1.82, 2.24) is 29.7 Å². The Hall–Kier alpha value is -5.21. The van der Waals surface area contributed by atoms with Crippen LogP contribution in [0, 0.1) is 17.1 Å². The number of pyridine rings is 1. The highest BCUT2D eigenvalue weighted by atomic mass is 28.1. The van der Waals surface area contributed by atoms with E-state index in [1.165, 1.54) is 18.1 Å². The number of aromatic nitrogens is 3. The lowest BCUT2D eigenvalue weighted by Gasteiger charge is -2.39. The van der Waals surface area contributed by atoms with E-state index in [1.54, 1.807) is 30.3 Å². The molecule has 3 aliphatic rings. The number of aliphatic hydroxyl groups excluding tert-OH is 1. The van der Waals surface area contributed by atoms with Gasteiger partial charge in [-0.1, -0.05) is 12.1 Å². The monoisotopic (exact) mass is 766 g/mol. The molecule has 4 aromatic rings. The van der Waals surface area contributed by atoms with Crippen molar-refractivity contribution < 1.29 is 38.1 Å². The first kappa shape index (κ1) is 38.1. The Morgan fingerprint density at radius 2 is 1.95 bits per heavy atom. The fraction of sp³-hybridized carbons (Fsp3) is 0.436. The molecule has 3 fully saturated rings. The van der Waals surface area contributed by atoms with Crippen molar-refractivity contribution in [2.24, 2.45) is 0 Å². The number of esters is 1. The number of aliphatic hydroxyl groups is 1. The van der Waals surface area contributed by atoms with Crippen LogP contribution in [0.2, 0.25) is 0 Å². The normalized spacial score (nSPS) is 21.5. The number of nitrogens with one attached hydrogen (secondary N) is 1.